The molecular formula is C18H17NO3. The molecule has 0 saturated carbocycles. The van der Waals surface area contributed by atoms with Gasteiger partial charge in [0.2, 0.25) is 5.91 Å². The maximum absolute atomic E-state index is 11.8. The van der Waals surface area contributed by atoms with E-state index < -0.39 is 5.97 Å². The van der Waals surface area contributed by atoms with Crippen molar-refractivity contribution in [3.63, 3.8) is 0 Å². The minimum absolute atomic E-state index is 0.207. The van der Waals surface area contributed by atoms with Crippen LogP contribution in [0.2, 0.25) is 0 Å². The molecule has 0 bridgehead atoms. The zero-order chi connectivity index (χ0) is 15.8. The summed E-state index contributed by atoms with van der Waals surface area (Å²) < 4.78 is 5.09. The number of benzene rings is 2. The molecule has 112 valence electrons. The largest absolute Gasteiger partial charge is 0.426 e. The summed E-state index contributed by atoms with van der Waals surface area (Å²) in [7, 11) is 0. The van der Waals surface area contributed by atoms with Crippen LogP contribution >= 0.6 is 0 Å². The number of ether oxygens (including phenoxy) is 1. The van der Waals surface area contributed by atoms with E-state index in [0.717, 1.165) is 5.56 Å². The Kier molecular flexibility index (Phi) is 5.49. The van der Waals surface area contributed by atoms with Crippen LogP contribution in [0.25, 0.3) is 6.08 Å². The molecule has 4 heteroatoms. The molecule has 0 spiro atoms. The van der Waals surface area contributed by atoms with Gasteiger partial charge in [0, 0.05) is 25.1 Å². The Morgan fingerprint density at radius 1 is 1.05 bits per heavy atom. The molecule has 0 aliphatic carbocycles. The number of amides is 1. The van der Waals surface area contributed by atoms with Crippen molar-refractivity contribution in [3.8, 4) is 5.75 Å². The molecule has 0 atom stereocenters. The zero-order valence-corrected chi connectivity index (χ0v) is 12.3. The third-order valence-electron chi connectivity index (χ3n) is 2.90. The van der Waals surface area contributed by atoms with Crippen LogP contribution in [-0.2, 0) is 16.1 Å². The predicted molar refractivity (Wildman–Crippen MR) is 85.1 cm³/mol. The second-order valence-electron chi connectivity index (χ2n) is 4.67. The molecule has 0 unspecified atom stereocenters. The lowest BCUT2D eigenvalue weighted by Crippen LogP contribution is -2.20. The van der Waals surface area contributed by atoms with Gasteiger partial charge in [-0.3, -0.25) is 9.59 Å². The number of carbonyl (C=O) groups is 2. The summed E-state index contributed by atoms with van der Waals surface area (Å²) in [5, 5.41) is 2.80. The molecule has 4 nitrogen and oxygen atoms in total. The van der Waals surface area contributed by atoms with Gasteiger partial charge >= 0.3 is 5.97 Å². The summed E-state index contributed by atoms with van der Waals surface area (Å²) in [5.41, 5.74) is 1.71. The van der Waals surface area contributed by atoms with Crippen molar-refractivity contribution in [2.24, 2.45) is 0 Å². The molecule has 0 fully saturated rings. The van der Waals surface area contributed by atoms with Crippen molar-refractivity contribution in [3.05, 3.63) is 71.8 Å². The van der Waals surface area contributed by atoms with E-state index in [-0.39, 0.29) is 5.91 Å². The second kappa shape index (κ2) is 7.78. The molecule has 0 radical (unpaired) electrons. The highest BCUT2D eigenvalue weighted by molar-refractivity contribution is 5.92. The van der Waals surface area contributed by atoms with Gasteiger partial charge in [-0.1, -0.05) is 48.5 Å². The highest BCUT2D eigenvalue weighted by atomic mass is 16.5. The number of hydrogen-bond donors (Lipinski definition) is 1. The first kappa shape index (κ1) is 15.5. The van der Waals surface area contributed by atoms with Crippen molar-refractivity contribution in [2.75, 3.05) is 0 Å². The van der Waals surface area contributed by atoms with Crippen LogP contribution in [0.1, 0.15) is 18.1 Å². The van der Waals surface area contributed by atoms with E-state index >= 15 is 0 Å². The molecule has 0 aliphatic heterocycles. The zero-order valence-electron chi connectivity index (χ0n) is 12.3. The quantitative estimate of drug-likeness (QED) is 0.524. The maximum Gasteiger partial charge on any atom is 0.308 e. The smallest absolute Gasteiger partial charge is 0.308 e. The first-order valence-corrected chi connectivity index (χ1v) is 6.92. The molecule has 2 aromatic rings. The highest BCUT2D eigenvalue weighted by Gasteiger charge is 2.03. The van der Waals surface area contributed by atoms with E-state index in [1.165, 1.54) is 13.0 Å². The molecule has 0 aliphatic rings. The average molecular weight is 295 g/mol. The standard InChI is InChI=1S/C18H17NO3/c1-14(20)22-17-10-6-5-9-16(17)11-12-18(21)19-13-15-7-3-2-4-8-15/h2-12H,13H2,1H3,(H,19,21)/b12-11-. The Hall–Kier alpha value is -2.88. The Morgan fingerprint density at radius 3 is 2.45 bits per heavy atom. The number of hydrogen-bond acceptors (Lipinski definition) is 3. The van der Waals surface area contributed by atoms with Crippen molar-refractivity contribution in [1.82, 2.24) is 5.32 Å². The summed E-state index contributed by atoms with van der Waals surface area (Å²) in [4.78, 5) is 22.9. The van der Waals surface area contributed by atoms with Gasteiger partial charge < -0.3 is 10.1 Å². The van der Waals surface area contributed by atoms with Crippen molar-refractivity contribution in [2.45, 2.75) is 13.5 Å². The van der Waals surface area contributed by atoms with Crippen LogP contribution < -0.4 is 10.1 Å². The number of carbonyl (C=O) groups excluding carboxylic acids is 2. The number of rotatable bonds is 5. The monoisotopic (exact) mass is 295 g/mol. The van der Waals surface area contributed by atoms with Crippen LogP contribution in [0.5, 0.6) is 5.75 Å². The van der Waals surface area contributed by atoms with Crippen LogP contribution in [0.3, 0.4) is 0 Å². The van der Waals surface area contributed by atoms with Gasteiger partial charge in [-0.15, -0.1) is 0 Å². The van der Waals surface area contributed by atoms with Crippen molar-refractivity contribution in [1.29, 1.82) is 0 Å². The first-order valence-electron chi connectivity index (χ1n) is 6.92. The summed E-state index contributed by atoms with van der Waals surface area (Å²) in [6, 6.07) is 16.7. The highest BCUT2D eigenvalue weighted by Crippen LogP contribution is 2.19. The fraction of sp³-hybridized carbons (Fsp3) is 0.111. The number of para-hydroxylation sites is 1. The molecule has 0 aromatic heterocycles. The molecule has 0 heterocycles. The summed E-state index contributed by atoms with van der Waals surface area (Å²) in [5.74, 6) is -0.169. The van der Waals surface area contributed by atoms with Crippen LogP contribution in [0.4, 0.5) is 0 Å². The Morgan fingerprint density at radius 2 is 1.73 bits per heavy atom. The fourth-order valence-electron chi connectivity index (χ4n) is 1.88. The number of nitrogens with one attached hydrogen (secondary N) is 1. The van der Waals surface area contributed by atoms with E-state index in [4.69, 9.17) is 4.74 Å². The topological polar surface area (TPSA) is 55.4 Å². The molecule has 0 saturated heterocycles. The van der Waals surface area contributed by atoms with Gasteiger partial charge in [-0.2, -0.15) is 0 Å². The molecule has 1 amide bonds. The maximum atomic E-state index is 11.8. The van der Waals surface area contributed by atoms with Crippen LogP contribution in [0.15, 0.2) is 60.7 Å². The fourth-order valence-corrected chi connectivity index (χ4v) is 1.88. The van der Waals surface area contributed by atoms with Gasteiger partial charge in [-0.25, -0.2) is 0 Å². The lowest BCUT2D eigenvalue weighted by Gasteiger charge is -2.05. The summed E-state index contributed by atoms with van der Waals surface area (Å²) in [6.45, 7) is 1.81. The first-order chi connectivity index (χ1) is 10.6. The van der Waals surface area contributed by atoms with Gasteiger partial charge in [0.1, 0.15) is 5.75 Å². The van der Waals surface area contributed by atoms with Gasteiger partial charge in [0.25, 0.3) is 0 Å². The Bertz CT molecular complexity index is 678. The summed E-state index contributed by atoms with van der Waals surface area (Å²) in [6.07, 6.45) is 3.05. The molecule has 2 aromatic carbocycles. The number of esters is 1. The molecule has 2 rings (SSSR count). The van der Waals surface area contributed by atoms with Crippen LogP contribution in [0, 0.1) is 0 Å². The van der Waals surface area contributed by atoms with E-state index in [0.29, 0.717) is 17.9 Å². The molecular weight excluding hydrogens is 278 g/mol. The molecule has 1 N–H and O–H groups in total. The van der Waals surface area contributed by atoms with E-state index in [1.54, 1.807) is 24.3 Å². The van der Waals surface area contributed by atoms with E-state index in [1.807, 2.05) is 36.4 Å². The van der Waals surface area contributed by atoms with Crippen LogP contribution in [-0.4, -0.2) is 11.9 Å². The summed E-state index contributed by atoms with van der Waals surface area (Å²) >= 11 is 0. The third kappa shape index (κ3) is 4.90. The second-order valence-corrected chi connectivity index (χ2v) is 4.67. The van der Waals surface area contributed by atoms with E-state index in [9.17, 15) is 9.59 Å². The molecule has 22 heavy (non-hydrogen) atoms. The minimum atomic E-state index is -0.394. The van der Waals surface area contributed by atoms with E-state index in [2.05, 4.69) is 5.32 Å². The van der Waals surface area contributed by atoms with Crippen molar-refractivity contribution < 1.29 is 14.3 Å². The predicted octanol–water partition coefficient (Wildman–Crippen LogP) is 2.94. The normalized spacial score (nSPS) is 10.4. The average Bonchev–Trinajstić information content (AvgIpc) is 2.52. The SMILES string of the molecule is CC(=O)Oc1ccccc1/C=C\C(=O)NCc1ccccc1. The van der Waals surface area contributed by atoms with Gasteiger partial charge in [-0.05, 0) is 17.7 Å². The van der Waals surface area contributed by atoms with Crippen molar-refractivity contribution >= 4 is 18.0 Å². The minimum Gasteiger partial charge on any atom is -0.426 e. The third-order valence-corrected chi connectivity index (χ3v) is 2.90. The lowest BCUT2D eigenvalue weighted by molar-refractivity contribution is -0.131. The Balaban J connectivity index is 1.96. The van der Waals surface area contributed by atoms with Gasteiger partial charge in [0.15, 0.2) is 0 Å². The van der Waals surface area contributed by atoms with Gasteiger partial charge in [0.05, 0.1) is 0 Å². The Labute approximate surface area is 129 Å². The lowest BCUT2D eigenvalue weighted by atomic mass is 10.2.